The molecule has 4 aromatic carbocycles. The van der Waals surface area contributed by atoms with Crippen molar-refractivity contribution in [3.05, 3.63) is 119 Å². The molecule has 0 heterocycles. The highest BCUT2D eigenvalue weighted by atomic mass is 14.4. The van der Waals surface area contributed by atoms with Crippen LogP contribution in [-0.2, 0) is 11.8 Å². The number of benzene rings is 4. The van der Waals surface area contributed by atoms with Gasteiger partial charge in [0.15, 0.2) is 0 Å². The van der Waals surface area contributed by atoms with Crippen LogP contribution in [0.5, 0.6) is 0 Å². The first-order chi connectivity index (χ1) is 13.6. The Morgan fingerprint density at radius 2 is 1.14 bits per heavy atom. The Bertz CT molecular complexity index is 1130. The van der Waals surface area contributed by atoms with Gasteiger partial charge in [-0.3, -0.25) is 0 Å². The molecule has 5 rings (SSSR count). The Hall–Kier alpha value is -3.12. The molecule has 0 nitrogen and oxygen atoms in total. The minimum atomic E-state index is 0.0508. The van der Waals surface area contributed by atoms with Gasteiger partial charge in [-0.1, -0.05) is 105 Å². The summed E-state index contributed by atoms with van der Waals surface area (Å²) >= 11 is 0. The summed E-state index contributed by atoms with van der Waals surface area (Å²) in [6, 6.07) is 35.5. The van der Waals surface area contributed by atoms with Crippen LogP contribution in [0.1, 0.15) is 36.1 Å². The quantitative estimate of drug-likeness (QED) is 0.361. The maximum Gasteiger partial charge on any atom is 0.0159 e. The summed E-state index contributed by atoms with van der Waals surface area (Å²) in [7, 11) is 0. The molecule has 0 saturated carbocycles. The molecule has 0 aliphatic heterocycles. The number of rotatable bonds is 3. The van der Waals surface area contributed by atoms with Crippen molar-refractivity contribution in [2.45, 2.75) is 25.7 Å². The minimum Gasteiger partial charge on any atom is -0.0622 e. The second-order valence-electron chi connectivity index (χ2n) is 8.29. The maximum absolute atomic E-state index is 2.39. The lowest BCUT2D eigenvalue weighted by molar-refractivity contribution is 0.660. The van der Waals surface area contributed by atoms with Gasteiger partial charge in [-0.25, -0.2) is 0 Å². The van der Waals surface area contributed by atoms with Crippen LogP contribution in [0.25, 0.3) is 22.3 Å². The van der Waals surface area contributed by atoms with Gasteiger partial charge in [0, 0.05) is 5.41 Å². The largest absolute Gasteiger partial charge is 0.0622 e. The smallest absolute Gasteiger partial charge is 0.0159 e. The lowest BCUT2D eigenvalue weighted by Gasteiger charge is -2.22. The standard InChI is InChI=1S/C28H24/c1-28(2)26-11-7-6-10-24(26)25-17-16-23(19-27(25)28)22-14-12-21(13-15-22)18-20-8-4-3-5-9-20/h3-17,19H,18H2,1-2H3. The fraction of sp³-hybridized carbons (Fsp3) is 0.143. The molecule has 136 valence electrons. The Kier molecular flexibility index (Phi) is 3.94. The molecule has 28 heavy (non-hydrogen) atoms. The molecule has 0 aromatic heterocycles. The molecular formula is C28H24. The highest BCUT2D eigenvalue weighted by Gasteiger charge is 2.35. The van der Waals surface area contributed by atoms with Crippen LogP contribution in [-0.4, -0.2) is 0 Å². The van der Waals surface area contributed by atoms with E-state index in [1.807, 2.05) is 0 Å². The number of fused-ring (bicyclic) bond motifs is 3. The van der Waals surface area contributed by atoms with Crippen molar-refractivity contribution >= 4 is 0 Å². The fourth-order valence-electron chi connectivity index (χ4n) is 4.53. The van der Waals surface area contributed by atoms with Crippen LogP contribution in [0.3, 0.4) is 0 Å². The summed E-state index contributed by atoms with van der Waals surface area (Å²) in [5.41, 5.74) is 11.0. The fourth-order valence-corrected chi connectivity index (χ4v) is 4.53. The summed E-state index contributed by atoms with van der Waals surface area (Å²) in [5.74, 6) is 0. The first-order valence-corrected chi connectivity index (χ1v) is 10.0. The number of hydrogen-bond acceptors (Lipinski definition) is 0. The second-order valence-corrected chi connectivity index (χ2v) is 8.29. The highest BCUT2D eigenvalue weighted by Crippen LogP contribution is 2.49. The molecule has 0 unspecified atom stereocenters. The topological polar surface area (TPSA) is 0 Å². The normalized spacial score (nSPS) is 13.8. The zero-order valence-electron chi connectivity index (χ0n) is 16.4. The second kappa shape index (κ2) is 6.49. The van der Waals surface area contributed by atoms with Gasteiger partial charge in [0.2, 0.25) is 0 Å². The summed E-state index contributed by atoms with van der Waals surface area (Å²) in [5, 5.41) is 0. The van der Waals surface area contributed by atoms with Gasteiger partial charge >= 0.3 is 0 Å². The zero-order chi connectivity index (χ0) is 19.1. The van der Waals surface area contributed by atoms with Gasteiger partial charge in [-0.05, 0) is 57.0 Å². The Balaban J connectivity index is 1.48. The lowest BCUT2D eigenvalue weighted by Crippen LogP contribution is -2.14. The molecule has 4 aromatic rings. The number of hydrogen-bond donors (Lipinski definition) is 0. The van der Waals surface area contributed by atoms with Crippen molar-refractivity contribution in [2.24, 2.45) is 0 Å². The van der Waals surface area contributed by atoms with Crippen LogP contribution in [0, 0.1) is 0 Å². The molecule has 0 amide bonds. The van der Waals surface area contributed by atoms with Crippen molar-refractivity contribution in [2.75, 3.05) is 0 Å². The van der Waals surface area contributed by atoms with E-state index in [-0.39, 0.29) is 5.41 Å². The van der Waals surface area contributed by atoms with Gasteiger partial charge in [0.25, 0.3) is 0 Å². The van der Waals surface area contributed by atoms with Crippen LogP contribution < -0.4 is 0 Å². The minimum absolute atomic E-state index is 0.0508. The van der Waals surface area contributed by atoms with E-state index in [2.05, 4.69) is 111 Å². The Labute approximate surface area is 167 Å². The first-order valence-electron chi connectivity index (χ1n) is 10.0. The van der Waals surface area contributed by atoms with Gasteiger partial charge in [-0.15, -0.1) is 0 Å². The van der Waals surface area contributed by atoms with Crippen LogP contribution in [0.15, 0.2) is 97.1 Å². The van der Waals surface area contributed by atoms with Crippen molar-refractivity contribution in [1.29, 1.82) is 0 Å². The van der Waals surface area contributed by atoms with E-state index in [9.17, 15) is 0 Å². The molecule has 0 fully saturated rings. The molecule has 1 aliphatic carbocycles. The summed E-state index contributed by atoms with van der Waals surface area (Å²) in [6.45, 7) is 4.68. The Morgan fingerprint density at radius 1 is 0.536 bits per heavy atom. The summed E-state index contributed by atoms with van der Waals surface area (Å²) in [6.07, 6.45) is 0.980. The SMILES string of the molecule is CC1(C)c2ccccc2-c2ccc(-c3ccc(Cc4ccccc4)cc3)cc21. The third-order valence-electron chi connectivity index (χ3n) is 6.12. The molecule has 0 N–H and O–H groups in total. The van der Waals surface area contributed by atoms with Crippen molar-refractivity contribution in [3.63, 3.8) is 0 Å². The molecule has 0 spiro atoms. The Morgan fingerprint density at radius 3 is 1.93 bits per heavy atom. The van der Waals surface area contributed by atoms with E-state index >= 15 is 0 Å². The molecule has 0 atom stereocenters. The third kappa shape index (κ3) is 2.77. The molecule has 0 bridgehead atoms. The van der Waals surface area contributed by atoms with Crippen LogP contribution >= 0.6 is 0 Å². The average Bonchev–Trinajstić information content (AvgIpc) is 2.97. The van der Waals surface area contributed by atoms with E-state index < -0.39 is 0 Å². The van der Waals surface area contributed by atoms with E-state index in [1.165, 1.54) is 44.5 Å². The van der Waals surface area contributed by atoms with E-state index in [0.29, 0.717) is 0 Å². The predicted molar refractivity (Wildman–Crippen MR) is 119 cm³/mol. The summed E-state index contributed by atoms with van der Waals surface area (Å²) in [4.78, 5) is 0. The van der Waals surface area contributed by atoms with Crippen LogP contribution in [0.4, 0.5) is 0 Å². The first kappa shape index (κ1) is 17.0. The maximum atomic E-state index is 2.39. The van der Waals surface area contributed by atoms with Crippen molar-refractivity contribution < 1.29 is 0 Å². The molecule has 0 saturated heterocycles. The molecule has 0 heteroatoms. The zero-order valence-corrected chi connectivity index (χ0v) is 16.4. The van der Waals surface area contributed by atoms with Crippen molar-refractivity contribution in [3.8, 4) is 22.3 Å². The van der Waals surface area contributed by atoms with Gasteiger partial charge in [-0.2, -0.15) is 0 Å². The molecule has 0 radical (unpaired) electrons. The van der Waals surface area contributed by atoms with Crippen molar-refractivity contribution in [1.82, 2.24) is 0 Å². The predicted octanol–water partition coefficient (Wildman–Crippen LogP) is 7.25. The third-order valence-corrected chi connectivity index (χ3v) is 6.12. The van der Waals surface area contributed by atoms with Gasteiger partial charge in [0.1, 0.15) is 0 Å². The van der Waals surface area contributed by atoms with E-state index in [4.69, 9.17) is 0 Å². The van der Waals surface area contributed by atoms with E-state index in [1.54, 1.807) is 0 Å². The lowest BCUT2D eigenvalue weighted by atomic mass is 9.81. The van der Waals surface area contributed by atoms with Gasteiger partial charge < -0.3 is 0 Å². The van der Waals surface area contributed by atoms with E-state index in [0.717, 1.165) is 6.42 Å². The summed E-state index contributed by atoms with van der Waals surface area (Å²) < 4.78 is 0. The van der Waals surface area contributed by atoms with Crippen LogP contribution in [0.2, 0.25) is 0 Å². The molecule has 1 aliphatic rings. The molecular weight excluding hydrogens is 336 g/mol. The van der Waals surface area contributed by atoms with Gasteiger partial charge in [0.05, 0.1) is 0 Å². The average molecular weight is 360 g/mol. The monoisotopic (exact) mass is 360 g/mol. The highest BCUT2D eigenvalue weighted by molar-refractivity contribution is 5.83.